The van der Waals surface area contributed by atoms with Gasteiger partial charge in [-0.05, 0) is 17.7 Å². The van der Waals surface area contributed by atoms with Crippen molar-refractivity contribution in [1.29, 1.82) is 0 Å². The van der Waals surface area contributed by atoms with E-state index >= 15 is 0 Å². The van der Waals surface area contributed by atoms with E-state index < -0.39 is 0 Å². The molecule has 0 aliphatic carbocycles. The van der Waals surface area contributed by atoms with Crippen molar-refractivity contribution in [3.05, 3.63) is 36.4 Å². The predicted octanol–water partition coefficient (Wildman–Crippen LogP) is 1.74. The minimum absolute atomic E-state index is 0.0717. The number of carbonyl (C=O) groups excluding carboxylic acids is 2. The van der Waals surface area contributed by atoms with Crippen LogP contribution in [0.5, 0.6) is 11.5 Å². The van der Waals surface area contributed by atoms with E-state index in [1.54, 1.807) is 31.3 Å². The Balaban J connectivity index is 2.49. The van der Waals surface area contributed by atoms with Crippen LogP contribution in [0.4, 0.5) is 0 Å². The summed E-state index contributed by atoms with van der Waals surface area (Å²) in [5, 5.41) is 2.83. The molecule has 1 aromatic carbocycles. The van der Waals surface area contributed by atoms with E-state index in [-0.39, 0.29) is 18.2 Å². The van der Waals surface area contributed by atoms with Crippen molar-refractivity contribution in [1.82, 2.24) is 10.2 Å². The predicted molar refractivity (Wildman–Crippen MR) is 88.5 cm³/mol. The van der Waals surface area contributed by atoms with E-state index in [0.29, 0.717) is 31.1 Å². The maximum absolute atomic E-state index is 11.9. The molecule has 0 aromatic heterocycles. The first-order chi connectivity index (χ1) is 11.0. The summed E-state index contributed by atoms with van der Waals surface area (Å²) in [7, 11) is 3.14. The number of hydrogen-bond donors (Lipinski definition) is 1. The zero-order chi connectivity index (χ0) is 17.2. The first kappa shape index (κ1) is 18.5. The van der Waals surface area contributed by atoms with E-state index in [1.807, 2.05) is 12.1 Å². The molecular weight excluding hydrogens is 296 g/mol. The van der Waals surface area contributed by atoms with E-state index in [0.717, 1.165) is 5.56 Å². The van der Waals surface area contributed by atoms with Crippen LogP contribution >= 0.6 is 0 Å². The average Bonchev–Trinajstić information content (AvgIpc) is 2.55. The Morgan fingerprint density at radius 2 is 1.96 bits per heavy atom. The van der Waals surface area contributed by atoms with E-state index in [9.17, 15) is 9.59 Å². The van der Waals surface area contributed by atoms with Gasteiger partial charge in [-0.3, -0.25) is 9.59 Å². The highest BCUT2D eigenvalue weighted by Gasteiger charge is 2.10. The molecular formula is C17H24N2O4. The molecule has 0 atom stereocenters. The van der Waals surface area contributed by atoms with Gasteiger partial charge in [0.2, 0.25) is 11.8 Å². The van der Waals surface area contributed by atoms with Crippen LogP contribution in [0.3, 0.4) is 0 Å². The lowest BCUT2D eigenvalue weighted by atomic mass is 10.2. The van der Waals surface area contributed by atoms with Crippen LogP contribution < -0.4 is 14.8 Å². The summed E-state index contributed by atoms with van der Waals surface area (Å²) in [6.07, 6.45) is 1.89. The molecule has 2 amide bonds. The summed E-state index contributed by atoms with van der Waals surface area (Å²) in [6.45, 7) is 6.28. The molecule has 1 N–H and O–H groups in total. The number of ether oxygens (including phenoxy) is 2. The number of nitrogens with zero attached hydrogens (tertiary/aromatic N) is 1. The summed E-state index contributed by atoms with van der Waals surface area (Å²) in [5.41, 5.74) is 0.908. The van der Waals surface area contributed by atoms with E-state index in [4.69, 9.17) is 9.47 Å². The third-order valence-electron chi connectivity index (χ3n) is 3.34. The Kier molecular flexibility index (Phi) is 7.66. The quantitative estimate of drug-likeness (QED) is 0.704. The molecule has 0 spiro atoms. The monoisotopic (exact) mass is 320 g/mol. The molecule has 126 valence electrons. The zero-order valence-electron chi connectivity index (χ0n) is 13.9. The van der Waals surface area contributed by atoms with Crippen LogP contribution in [-0.2, 0) is 16.1 Å². The second-order valence-electron chi connectivity index (χ2n) is 4.97. The Hall–Kier alpha value is -2.50. The van der Waals surface area contributed by atoms with Crippen LogP contribution in [0.2, 0.25) is 0 Å². The lowest BCUT2D eigenvalue weighted by molar-refractivity contribution is -0.129. The summed E-state index contributed by atoms with van der Waals surface area (Å²) in [6, 6.07) is 5.47. The molecule has 0 fully saturated rings. The van der Waals surface area contributed by atoms with Crippen molar-refractivity contribution in [2.45, 2.75) is 19.9 Å². The maximum atomic E-state index is 11.9. The molecule has 0 heterocycles. The lowest BCUT2D eigenvalue weighted by Crippen LogP contribution is -2.33. The highest BCUT2D eigenvalue weighted by Crippen LogP contribution is 2.27. The smallest absolute Gasteiger partial charge is 0.222 e. The number of carbonyl (C=O) groups is 2. The summed E-state index contributed by atoms with van der Waals surface area (Å²) >= 11 is 0. The van der Waals surface area contributed by atoms with Gasteiger partial charge >= 0.3 is 0 Å². The van der Waals surface area contributed by atoms with Gasteiger partial charge in [0.25, 0.3) is 0 Å². The van der Waals surface area contributed by atoms with Crippen LogP contribution in [0.15, 0.2) is 30.9 Å². The van der Waals surface area contributed by atoms with Gasteiger partial charge in [0.05, 0.1) is 14.2 Å². The van der Waals surface area contributed by atoms with Gasteiger partial charge in [-0.25, -0.2) is 0 Å². The second-order valence-corrected chi connectivity index (χ2v) is 4.97. The van der Waals surface area contributed by atoms with Crippen LogP contribution in [0.1, 0.15) is 18.9 Å². The average molecular weight is 320 g/mol. The first-order valence-electron chi connectivity index (χ1n) is 7.35. The molecule has 0 saturated heterocycles. The van der Waals surface area contributed by atoms with Gasteiger partial charge in [0.1, 0.15) is 0 Å². The number of rotatable bonds is 9. The van der Waals surface area contributed by atoms with Crippen LogP contribution in [0, 0.1) is 0 Å². The van der Waals surface area contributed by atoms with E-state index in [1.165, 1.54) is 6.92 Å². The molecule has 6 heteroatoms. The van der Waals surface area contributed by atoms with Crippen molar-refractivity contribution in [3.8, 4) is 11.5 Å². The standard InChI is InChI=1S/C17H24N2O4/c1-5-9-19(13(2)20)10-8-17(21)18-12-14-6-7-15(22-3)16(11-14)23-4/h5-7,11H,1,8-10,12H2,2-4H3,(H,18,21). The number of nitrogens with one attached hydrogen (secondary N) is 1. The highest BCUT2D eigenvalue weighted by atomic mass is 16.5. The van der Waals surface area contributed by atoms with Crippen molar-refractivity contribution < 1.29 is 19.1 Å². The molecule has 1 rings (SSSR count). The zero-order valence-corrected chi connectivity index (χ0v) is 13.9. The Morgan fingerprint density at radius 1 is 1.26 bits per heavy atom. The third-order valence-corrected chi connectivity index (χ3v) is 3.34. The number of methoxy groups -OCH3 is 2. The Labute approximate surface area is 137 Å². The molecule has 0 saturated carbocycles. The molecule has 0 radical (unpaired) electrons. The number of benzene rings is 1. The third kappa shape index (κ3) is 6.02. The van der Waals surface area contributed by atoms with Gasteiger partial charge in [0.15, 0.2) is 11.5 Å². The molecule has 1 aromatic rings. The van der Waals surface area contributed by atoms with Crippen molar-refractivity contribution >= 4 is 11.8 Å². The summed E-state index contributed by atoms with van der Waals surface area (Å²) < 4.78 is 10.4. The van der Waals surface area contributed by atoms with Crippen LogP contribution in [-0.4, -0.2) is 44.0 Å². The SMILES string of the molecule is C=CCN(CCC(=O)NCc1ccc(OC)c(OC)c1)C(C)=O. The van der Waals surface area contributed by atoms with Crippen LogP contribution in [0.25, 0.3) is 0 Å². The fourth-order valence-electron chi connectivity index (χ4n) is 2.05. The van der Waals surface area contributed by atoms with Gasteiger partial charge in [-0.15, -0.1) is 6.58 Å². The fourth-order valence-corrected chi connectivity index (χ4v) is 2.05. The molecule has 0 aliphatic heterocycles. The molecule has 23 heavy (non-hydrogen) atoms. The number of hydrogen-bond acceptors (Lipinski definition) is 4. The topological polar surface area (TPSA) is 67.9 Å². The molecule has 0 aliphatic rings. The Bertz CT molecular complexity index is 558. The van der Waals surface area contributed by atoms with Gasteiger partial charge in [0, 0.05) is 33.0 Å². The minimum Gasteiger partial charge on any atom is -0.493 e. The van der Waals surface area contributed by atoms with Crippen molar-refractivity contribution in [3.63, 3.8) is 0 Å². The highest BCUT2D eigenvalue weighted by molar-refractivity contribution is 5.78. The normalized spacial score (nSPS) is 9.87. The Morgan fingerprint density at radius 3 is 2.52 bits per heavy atom. The maximum Gasteiger partial charge on any atom is 0.222 e. The molecule has 0 bridgehead atoms. The minimum atomic E-state index is -0.116. The van der Waals surface area contributed by atoms with Crippen molar-refractivity contribution in [2.24, 2.45) is 0 Å². The fraction of sp³-hybridized carbons (Fsp3) is 0.412. The number of amides is 2. The van der Waals surface area contributed by atoms with Gasteiger partial charge in [-0.2, -0.15) is 0 Å². The van der Waals surface area contributed by atoms with Gasteiger partial charge < -0.3 is 19.7 Å². The molecule has 6 nitrogen and oxygen atoms in total. The lowest BCUT2D eigenvalue weighted by Gasteiger charge is -2.18. The molecule has 0 unspecified atom stereocenters. The van der Waals surface area contributed by atoms with Gasteiger partial charge in [-0.1, -0.05) is 12.1 Å². The summed E-state index contributed by atoms with van der Waals surface area (Å²) in [4.78, 5) is 24.8. The first-order valence-corrected chi connectivity index (χ1v) is 7.35. The summed E-state index contributed by atoms with van der Waals surface area (Å²) in [5.74, 6) is 1.07. The second kappa shape index (κ2) is 9.50. The van der Waals surface area contributed by atoms with E-state index in [2.05, 4.69) is 11.9 Å². The largest absolute Gasteiger partial charge is 0.493 e. The van der Waals surface area contributed by atoms with Crippen molar-refractivity contribution in [2.75, 3.05) is 27.3 Å².